The van der Waals surface area contributed by atoms with E-state index in [9.17, 15) is 14.4 Å². The van der Waals surface area contributed by atoms with Gasteiger partial charge in [-0.1, -0.05) is 36.4 Å². The lowest BCUT2D eigenvalue weighted by atomic mass is 10.1. The van der Waals surface area contributed by atoms with Crippen molar-refractivity contribution >= 4 is 28.3 Å². The summed E-state index contributed by atoms with van der Waals surface area (Å²) in [5.41, 5.74) is 0.326. The van der Waals surface area contributed by atoms with Crippen molar-refractivity contribution in [3.05, 3.63) is 70.6 Å². The third-order valence-corrected chi connectivity index (χ3v) is 4.21. The van der Waals surface area contributed by atoms with Gasteiger partial charge in [-0.05, 0) is 39.0 Å². The second-order valence-electron chi connectivity index (χ2n) is 6.64. The van der Waals surface area contributed by atoms with Gasteiger partial charge in [0, 0.05) is 11.1 Å². The first-order valence-corrected chi connectivity index (χ1v) is 8.97. The second-order valence-corrected chi connectivity index (χ2v) is 6.64. The Kier molecular flexibility index (Phi) is 5.54. The van der Waals surface area contributed by atoms with Crippen LogP contribution in [-0.4, -0.2) is 27.8 Å². The van der Waals surface area contributed by atoms with E-state index in [1.807, 2.05) is 6.07 Å². The number of hydrogen-bond donors (Lipinski definition) is 1. The zero-order valence-electron chi connectivity index (χ0n) is 15.9. The molecule has 0 fully saturated rings. The van der Waals surface area contributed by atoms with Crippen molar-refractivity contribution in [1.29, 1.82) is 0 Å². The maximum Gasteiger partial charge on any atom is 0.360 e. The summed E-state index contributed by atoms with van der Waals surface area (Å²) in [5, 5.41) is 7.64. The summed E-state index contributed by atoms with van der Waals surface area (Å²) in [6.45, 7) is 5.08. The van der Waals surface area contributed by atoms with Crippen LogP contribution in [0.1, 0.15) is 37.3 Å². The fraction of sp³-hybridized carbons (Fsp3) is 0.238. The zero-order chi connectivity index (χ0) is 20.3. The first kappa shape index (κ1) is 19.3. The zero-order valence-corrected chi connectivity index (χ0v) is 15.9. The van der Waals surface area contributed by atoms with Gasteiger partial charge in [-0.3, -0.25) is 9.59 Å². The van der Waals surface area contributed by atoms with Crippen LogP contribution >= 0.6 is 0 Å². The molecule has 0 radical (unpaired) electrons. The molecule has 0 aliphatic carbocycles. The Hall–Kier alpha value is -3.48. The Morgan fingerprint density at radius 3 is 2.21 bits per heavy atom. The molecule has 0 spiro atoms. The highest BCUT2D eigenvalue weighted by molar-refractivity contribution is 6.03. The maximum atomic E-state index is 12.7. The van der Waals surface area contributed by atoms with Gasteiger partial charge in [-0.2, -0.15) is 5.10 Å². The monoisotopic (exact) mass is 379 g/mol. The van der Waals surface area contributed by atoms with E-state index in [4.69, 9.17) is 4.74 Å². The molecule has 0 saturated heterocycles. The molecule has 1 unspecified atom stereocenters. The van der Waals surface area contributed by atoms with E-state index < -0.39 is 18.0 Å². The van der Waals surface area contributed by atoms with Gasteiger partial charge >= 0.3 is 5.97 Å². The number of anilines is 1. The number of hydrogen-bond acceptors (Lipinski definition) is 5. The molecule has 28 heavy (non-hydrogen) atoms. The number of aromatic nitrogens is 2. The summed E-state index contributed by atoms with van der Waals surface area (Å²) < 4.78 is 6.57. The number of esters is 1. The average molecular weight is 379 g/mol. The molecule has 0 aliphatic rings. The molecule has 144 valence electrons. The van der Waals surface area contributed by atoms with Gasteiger partial charge in [0.15, 0.2) is 11.8 Å². The number of amides is 1. The van der Waals surface area contributed by atoms with Crippen LogP contribution < -0.4 is 10.9 Å². The molecule has 7 heteroatoms. The van der Waals surface area contributed by atoms with Crippen molar-refractivity contribution in [2.24, 2.45) is 0 Å². The van der Waals surface area contributed by atoms with Crippen LogP contribution in [0.25, 0.3) is 10.8 Å². The number of ether oxygens (including phenoxy) is 1. The van der Waals surface area contributed by atoms with Gasteiger partial charge in [-0.15, -0.1) is 0 Å². The summed E-state index contributed by atoms with van der Waals surface area (Å²) in [5.74, 6) is -1.22. The molecule has 7 nitrogen and oxygen atoms in total. The molecular formula is C21H21N3O4. The maximum absolute atomic E-state index is 12.7. The van der Waals surface area contributed by atoms with E-state index in [0.29, 0.717) is 16.5 Å². The molecular weight excluding hydrogens is 358 g/mol. The summed E-state index contributed by atoms with van der Waals surface area (Å²) in [6, 6.07) is 15.4. The Balaban J connectivity index is 1.88. The fourth-order valence-corrected chi connectivity index (χ4v) is 2.74. The highest BCUT2D eigenvalue weighted by atomic mass is 16.5. The molecule has 3 rings (SSSR count). The van der Waals surface area contributed by atoms with E-state index in [1.165, 1.54) is 11.6 Å². The fourth-order valence-electron chi connectivity index (χ4n) is 2.74. The molecule has 1 aromatic heterocycles. The number of benzene rings is 2. The smallest absolute Gasteiger partial charge is 0.360 e. The van der Waals surface area contributed by atoms with Gasteiger partial charge in [0.2, 0.25) is 0 Å². The van der Waals surface area contributed by atoms with Gasteiger partial charge in [0.05, 0.1) is 11.4 Å². The summed E-state index contributed by atoms with van der Waals surface area (Å²) in [7, 11) is 0. The van der Waals surface area contributed by atoms with Crippen LogP contribution in [0, 0.1) is 0 Å². The van der Waals surface area contributed by atoms with E-state index >= 15 is 0 Å². The van der Waals surface area contributed by atoms with Crippen molar-refractivity contribution in [3.63, 3.8) is 0 Å². The lowest BCUT2D eigenvalue weighted by molar-refractivity contribution is -0.123. The van der Waals surface area contributed by atoms with Gasteiger partial charge in [-0.25, -0.2) is 9.48 Å². The lowest BCUT2D eigenvalue weighted by Crippen LogP contribution is -2.32. The van der Waals surface area contributed by atoms with Crippen LogP contribution in [0.5, 0.6) is 0 Å². The normalized spacial score (nSPS) is 12.0. The van der Waals surface area contributed by atoms with Crippen LogP contribution in [-0.2, 0) is 9.53 Å². The third kappa shape index (κ3) is 3.93. The van der Waals surface area contributed by atoms with Gasteiger partial charge in [0.1, 0.15) is 0 Å². The van der Waals surface area contributed by atoms with Crippen molar-refractivity contribution in [2.45, 2.75) is 32.9 Å². The molecule has 2 aromatic carbocycles. The molecule has 1 atom stereocenters. The average Bonchev–Trinajstić information content (AvgIpc) is 2.68. The van der Waals surface area contributed by atoms with E-state index in [2.05, 4.69) is 10.4 Å². The SMILES string of the molecule is CC(OC(=O)c1nn(C(C)C)c(=O)c2ccccc12)C(=O)Nc1ccccc1. The standard InChI is InChI=1S/C21H21N3O4/c1-13(2)24-20(26)17-12-8-7-11-16(17)18(23-24)21(27)28-14(3)19(25)22-15-9-5-4-6-10-15/h4-14H,1-3H3,(H,22,25). The second kappa shape index (κ2) is 8.04. The predicted octanol–water partition coefficient (Wildman–Crippen LogP) is 3.16. The Bertz CT molecular complexity index is 1070. The Morgan fingerprint density at radius 1 is 0.964 bits per heavy atom. The minimum absolute atomic E-state index is 0.00302. The van der Waals surface area contributed by atoms with Crippen LogP contribution in [0.3, 0.4) is 0 Å². The highest BCUT2D eigenvalue weighted by Crippen LogP contribution is 2.17. The van der Waals surface area contributed by atoms with Gasteiger partial charge < -0.3 is 10.1 Å². The highest BCUT2D eigenvalue weighted by Gasteiger charge is 2.23. The van der Waals surface area contributed by atoms with Crippen LogP contribution in [0.4, 0.5) is 5.69 Å². The summed E-state index contributed by atoms with van der Waals surface area (Å²) >= 11 is 0. The van der Waals surface area contributed by atoms with E-state index in [-0.39, 0.29) is 17.3 Å². The minimum Gasteiger partial charge on any atom is -0.448 e. The number of para-hydroxylation sites is 1. The number of carbonyl (C=O) groups is 2. The van der Waals surface area contributed by atoms with Crippen LogP contribution in [0.2, 0.25) is 0 Å². The Labute approximate surface area is 161 Å². The minimum atomic E-state index is -1.03. The molecule has 0 aliphatic heterocycles. The molecule has 0 bridgehead atoms. The first-order chi connectivity index (χ1) is 13.4. The van der Waals surface area contributed by atoms with Gasteiger partial charge in [0.25, 0.3) is 11.5 Å². The quantitative estimate of drug-likeness (QED) is 0.688. The number of nitrogens with zero attached hydrogens (tertiary/aromatic N) is 2. The predicted molar refractivity (Wildman–Crippen MR) is 106 cm³/mol. The third-order valence-electron chi connectivity index (χ3n) is 4.21. The van der Waals surface area contributed by atoms with E-state index in [0.717, 1.165) is 0 Å². The molecule has 1 heterocycles. The largest absolute Gasteiger partial charge is 0.448 e. The molecule has 1 amide bonds. The summed E-state index contributed by atoms with van der Waals surface area (Å²) in [6.07, 6.45) is -1.03. The Morgan fingerprint density at radius 2 is 1.57 bits per heavy atom. The molecule has 3 aromatic rings. The van der Waals surface area contributed by atoms with Crippen LogP contribution in [0.15, 0.2) is 59.4 Å². The van der Waals surface area contributed by atoms with Crippen molar-refractivity contribution in [1.82, 2.24) is 9.78 Å². The number of rotatable bonds is 5. The molecule has 1 N–H and O–H groups in total. The number of nitrogens with one attached hydrogen (secondary N) is 1. The van der Waals surface area contributed by atoms with E-state index in [1.54, 1.807) is 62.4 Å². The summed E-state index contributed by atoms with van der Waals surface area (Å²) in [4.78, 5) is 37.6. The van der Waals surface area contributed by atoms with Crippen molar-refractivity contribution in [2.75, 3.05) is 5.32 Å². The number of fused-ring (bicyclic) bond motifs is 1. The number of carbonyl (C=O) groups excluding carboxylic acids is 2. The van der Waals surface area contributed by atoms with Crippen molar-refractivity contribution < 1.29 is 14.3 Å². The molecule has 0 saturated carbocycles. The van der Waals surface area contributed by atoms with Crippen molar-refractivity contribution in [3.8, 4) is 0 Å². The first-order valence-electron chi connectivity index (χ1n) is 8.97. The lowest BCUT2D eigenvalue weighted by Gasteiger charge is -2.16. The topological polar surface area (TPSA) is 90.3 Å².